The summed E-state index contributed by atoms with van der Waals surface area (Å²) < 4.78 is 17.1. The van der Waals surface area contributed by atoms with Crippen LogP contribution >= 0.6 is 11.6 Å². The fourth-order valence-electron chi connectivity index (χ4n) is 3.52. The van der Waals surface area contributed by atoms with Gasteiger partial charge in [-0.15, -0.1) is 0 Å². The summed E-state index contributed by atoms with van der Waals surface area (Å²) in [5, 5.41) is 7.81. The van der Waals surface area contributed by atoms with Crippen LogP contribution in [0.5, 0.6) is 11.5 Å². The topological polar surface area (TPSA) is 91.7 Å². The number of esters is 1. The lowest BCUT2D eigenvalue weighted by Crippen LogP contribution is -2.13. The van der Waals surface area contributed by atoms with E-state index >= 15 is 0 Å². The van der Waals surface area contributed by atoms with Crippen molar-refractivity contribution in [3.63, 3.8) is 0 Å². The van der Waals surface area contributed by atoms with Gasteiger partial charge >= 0.3 is 5.97 Å². The van der Waals surface area contributed by atoms with Crippen molar-refractivity contribution in [3.8, 4) is 17.2 Å². The zero-order valence-electron chi connectivity index (χ0n) is 19.2. The highest BCUT2D eigenvalue weighted by molar-refractivity contribution is 6.32. The minimum Gasteiger partial charge on any atom is -0.495 e. The van der Waals surface area contributed by atoms with E-state index in [1.807, 2.05) is 26.0 Å². The highest BCUT2D eigenvalue weighted by Gasteiger charge is 2.16. The van der Waals surface area contributed by atoms with Gasteiger partial charge in [-0.2, -0.15) is 5.10 Å². The van der Waals surface area contributed by atoms with Gasteiger partial charge in [0.05, 0.1) is 43.4 Å². The summed E-state index contributed by atoms with van der Waals surface area (Å²) in [6.45, 7) is 3.86. The standard InChI is InChI=1S/C24H26ClN3O5/c1-14-18(10-11-23(29)33-5)15(2)28(27-14)17-8-6-16(7-9-17)24(30)26-20-13-21(31-3)19(25)12-22(20)32-4/h6-9,12-13H,10-11H2,1-5H3,(H,26,30). The maximum atomic E-state index is 12.8. The number of amides is 1. The summed E-state index contributed by atoms with van der Waals surface area (Å²) in [5.74, 6) is 0.284. The Hall–Kier alpha value is -3.52. The third-order valence-corrected chi connectivity index (χ3v) is 5.64. The van der Waals surface area contributed by atoms with E-state index in [1.165, 1.54) is 21.3 Å². The monoisotopic (exact) mass is 471 g/mol. The highest BCUT2D eigenvalue weighted by Crippen LogP contribution is 2.36. The van der Waals surface area contributed by atoms with Crippen LogP contribution in [0.3, 0.4) is 0 Å². The first kappa shape index (κ1) is 24.1. The summed E-state index contributed by atoms with van der Waals surface area (Å²) >= 11 is 6.13. The fourth-order valence-corrected chi connectivity index (χ4v) is 3.75. The van der Waals surface area contributed by atoms with E-state index in [-0.39, 0.29) is 11.9 Å². The van der Waals surface area contributed by atoms with E-state index in [0.717, 1.165) is 22.6 Å². The van der Waals surface area contributed by atoms with E-state index in [0.29, 0.717) is 40.6 Å². The predicted octanol–water partition coefficient (Wildman–Crippen LogP) is 4.52. The second-order valence-corrected chi connectivity index (χ2v) is 7.73. The Bertz CT molecular complexity index is 1170. The van der Waals surface area contributed by atoms with Crippen LogP contribution in [0, 0.1) is 13.8 Å². The molecule has 8 nitrogen and oxygen atoms in total. The molecule has 3 aromatic rings. The molecule has 2 aromatic carbocycles. The number of halogens is 1. The molecule has 0 saturated carbocycles. The van der Waals surface area contributed by atoms with Gasteiger partial charge in [-0.25, -0.2) is 4.68 Å². The molecule has 0 atom stereocenters. The number of carbonyl (C=O) groups is 2. The lowest BCUT2D eigenvalue weighted by molar-refractivity contribution is -0.140. The SMILES string of the molecule is COC(=O)CCc1c(C)nn(-c2ccc(C(=O)Nc3cc(OC)c(Cl)cc3OC)cc2)c1C. The van der Waals surface area contributed by atoms with E-state index < -0.39 is 0 Å². The molecular weight excluding hydrogens is 446 g/mol. The van der Waals surface area contributed by atoms with Crippen LogP contribution in [0.15, 0.2) is 36.4 Å². The van der Waals surface area contributed by atoms with Crippen molar-refractivity contribution in [3.05, 3.63) is 63.9 Å². The number of anilines is 1. The van der Waals surface area contributed by atoms with Gasteiger partial charge in [0.1, 0.15) is 11.5 Å². The van der Waals surface area contributed by atoms with Gasteiger partial charge in [0.2, 0.25) is 0 Å². The second kappa shape index (κ2) is 10.4. The maximum Gasteiger partial charge on any atom is 0.305 e. The first-order valence-corrected chi connectivity index (χ1v) is 10.6. The van der Waals surface area contributed by atoms with Crippen molar-refractivity contribution in [2.75, 3.05) is 26.6 Å². The van der Waals surface area contributed by atoms with E-state index in [2.05, 4.69) is 10.4 Å². The zero-order valence-corrected chi connectivity index (χ0v) is 19.9. The van der Waals surface area contributed by atoms with Crippen LogP contribution in [0.1, 0.15) is 33.7 Å². The van der Waals surface area contributed by atoms with Crippen molar-refractivity contribution in [1.82, 2.24) is 9.78 Å². The maximum absolute atomic E-state index is 12.8. The quantitative estimate of drug-likeness (QED) is 0.486. The number of carbonyl (C=O) groups excluding carboxylic acids is 2. The molecule has 0 saturated heterocycles. The Morgan fingerprint density at radius 2 is 1.70 bits per heavy atom. The number of benzene rings is 2. The van der Waals surface area contributed by atoms with Crippen LogP contribution in [-0.2, 0) is 16.0 Å². The molecule has 0 fully saturated rings. The molecule has 1 N–H and O–H groups in total. The van der Waals surface area contributed by atoms with Crippen molar-refractivity contribution in [2.45, 2.75) is 26.7 Å². The Morgan fingerprint density at radius 1 is 1.03 bits per heavy atom. The molecule has 3 rings (SSSR count). The molecule has 1 aromatic heterocycles. The molecule has 0 radical (unpaired) electrons. The number of hydrogen-bond acceptors (Lipinski definition) is 6. The summed E-state index contributed by atoms with van der Waals surface area (Å²) in [5.41, 5.74) is 4.51. The van der Waals surface area contributed by atoms with E-state index in [1.54, 1.807) is 28.9 Å². The molecule has 0 aliphatic heterocycles. The number of methoxy groups -OCH3 is 3. The van der Waals surface area contributed by atoms with Crippen LogP contribution < -0.4 is 14.8 Å². The smallest absolute Gasteiger partial charge is 0.305 e. The molecule has 9 heteroatoms. The van der Waals surface area contributed by atoms with Gasteiger partial charge in [-0.3, -0.25) is 9.59 Å². The molecule has 174 valence electrons. The molecule has 33 heavy (non-hydrogen) atoms. The first-order valence-electron chi connectivity index (χ1n) is 10.2. The Morgan fingerprint density at radius 3 is 2.30 bits per heavy atom. The van der Waals surface area contributed by atoms with Crippen molar-refractivity contribution in [2.24, 2.45) is 0 Å². The number of nitrogens with one attached hydrogen (secondary N) is 1. The third-order valence-electron chi connectivity index (χ3n) is 5.34. The average Bonchev–Trinajstić information content (AvgIpc) is 3.11. The number of nitrogens with zero attached hydrogens (tertiary/aromatic N) is 2. The van der Waals surface area contributed by atoms with Crippen molar-refractivity contribution >= 4 is 29.2 Å². The Balaban J connectivity index is 1.80. The first-order chi connectivity index (χ1) is 15.8. The number of aromatic nitrogens is 2. The van der Waals surface area contributed by atoms with Gasteiger partial charge in [-0.1, -0.05) is 11.6 Å². The van der Waals surface area contributed by atoms with Gasteiger partial charge in [0, 0.05) is 29.8 Å². The largest absolute Gasteiger partial charge is 0.495 e. The molecule has 0 unspecified atom stereocenters. The highest BCUT2D eigenvalue weighted by atomic mass is 35.5. The lowest BCUT2D eigenvalue weighted by Gasteiger charge is -2.13. The lowest BCUT2D eigenvalue weighted by atomic mass is 10.1. The number of hydrogen-bond donors (Lipinski definition) is 1. The number of rotatable bonds is 8. The molecule has 0 bridgehead atoms. The van der Waals surface area contributed by atoms with Crippen molar-refractivity contribution < 1.29 is 23.8 Å². The van der Waals surface area contributed by atoms with Crippen LogP contribution in [0.2, 0.25) is 5.02 Å². The zero-order chi connectivity index (χ0) is 24.1. The number of aryl methyl sites for hydroxylation is 1. The molecule has 0 spiro atoms. The van der Waals surface area contributed by atoms with Crippen LogP contribution in [-0.4, -0.2) is 43.0 Å². The predicted molar refractivity (Wildman–Crippen MR) is 126 cm³/mol. The minimum atomic E-state index is -0.309. The second-order valence-electron chi connectivity index (χ2n) is 7.33. The average molecular weight is 472 g/mol. The molecular formula is C24H26ClN3O5. The fraction of sp³-hybridized carbons (Fsp3) is 0.292. The molecule has 0 aliphatic rings. The van der Waals surface area contributed by atoms with E-state index in [4.69, 9.17) is 25.8 Å². The third kappa shape index (κ3) is 5.28. The van der Waals surface area contributed by atoms with Gasteiger partial charge in [-0.05, 0) is 50.1 Å². The minimum absolute atomic E-state index is 0.258. The summed E-state index contributed by atoms with van der Waals surface area (Å²) in [7, 11) is 4.37. The Labute approximate surface area is 197 Å². The number of ether oxygens (including phenoxy) is 3. The summed E-state index contributed by atoms with van der Waals surface area (Å²) in [6.07, 6.45) is 0.846. The Kier molecular flexibility index (Phi) is 7.60. The molecule has 1 amide bonds. The van der Waals surface area contributed by atoms with Crippen LogP contribution in [0.25, 0.3) is 5.69 Å². The molecule has 1 heterocycles. The summed E-state index contributed by atoms with van der Waals surface area (Å²) in [6, 6.07) is 10.3. The van der Waals surface area contributed by atoms with Gasteiger partial charge in [0.15, 0.2) is 0 Å². The van der Waals surface area contributed by atoms with Gasteiger partial charge < -0.3 is 19.5 Å². The normalized spacial score (nSPS) is 10.6. The molecule has 0 aliphatic carbocycles. The van der Waals surface area contributed by atoms with Crippen LogP contribution in [0.4, 0.5) is 5.69 Å². The van der Waals surface area contributed by atoms with E-state index in [9.17, 15) is 9.59 Å². The van der Waals surface area contributed by atoms with Crippen molar-refractivity contribution in [1.29, 1.82) is 0 Å². The summed E-state index contributed by atoms with van der Waals surface area (Å²) in [4.78, 5) is 24.3. The van der Waals surface area contributed by atoms with Gasteiger partial charge in [0.25, 0.3) is 5.91 Å².